The molecule has 2 aromatic carbocycles. The molecule has 278 valence electrons. The zero-order chi connectivity index (χ0) is 36.5. The Morgan fingerprint density at radius 3 is 2.36 bits per heavy atom. The fraction of sp³-hybridized carbons (Fsp3) is 0.641. The summed E-state index contributed by atoms with van der Waals surface area (Å²) < 4.78 is 11.8. The van der Waals surface area contributed by atoms with Gasteiger partial charge in [-0.25, -0.2) is 0 Å². The number of unbranched alkanes of at least 4 members (excludes halogenated alkanes) is 3. The molecule has 1 atom stereocenters. The van der Waals surface area contributed by atoms with Crippen LogP contribution in [-0.2, 0) is 20.7 Å². The molecular formula is C39H57Cl2N3O6. The first-order valence-corrected chi connectivity index (χ1v) is 19.0. The van der Waals surface area contributed by atoms with Crippen molar-refractivity contribution >= 4 is 46.5 Å². The van der Waals surface area contributed by atoms with Gasteiger partial charge in [0, 0.05) is 38.7 Å². The molecular weight excluding hydrogens is 677 g/mol. The lowest BCUT2D eigenvalue weighted by molar-refractivity contribution is -0.178. The Labute approximate surface area is 308 Å². The van der Waals surface area contributed by atoms with Crippen molar-refractivity contribution in [3.8, 4) is 5.75 Å². The number of halogens is 2. The lowest BCUT2D eigenvalue weighted by atomic mass is 9.71. The number of fused-ring (bicyclic) bond motifs is 1. The number of piperazine rings is 1. The predicted molar refractivity (Wildman–Crippen MR) is 201 cm³/mol. The number of anilines is 2. The summed E-state index contributed by atoms with van der Waals surface area (Å²) in [6, 6.07) is 11.2. The molecule has 0 aromatic heterocycles. The Morgan fingerprint density at radius 2 is 1.66 bits per heavy atom. The van der Waals surface area contributed by atoms with Crippen molar-refractivity contribution in [2.75, 3.05) is 49.1 Å². The van der Waals surface area contributed by atoms with E-state index in [0.717, 1.165) is 82.5 Å². The van der Waals surface area contributed by atoms with E-state index in [4.69, 9.17) is 32.7 Å². The molecule has 2 heterocycles. The molecule has 11 heteroatoms. The first-order valence-electron chi connectivity index (χ1n) is 18.2. The number of aliphatic hydroxyl groups is 2. The van der Waals surface area contributed by atoms with Gasteiger partial charge in [-0.05, 0) is 73.2 Å². The number of hydrogen-bond donors (Lipinski definition) is 2. The van der Waals surface area contributed by atoms with Gasteiger partial charge in [0.25, 0.3) is 0 Å². The predicted octanol–water partition coefficient (Wildman–Crippen LogP) is 7.85. The average molecular weight is 735 g/mol. The lowest BCUT2D eigenvalue weighted by Gasteiger charge is -2.38. The smallest absolute Gasteiger partial charge is 0.308 e. The van der Waals surface area contributed by atoms with Crippen LogP contribution < -0.4 is 14.5 Å². The maximum Gasteiger partial charge on any atom is 0.308 e. The Bertz CT molecular complexity index is 1430. The topological polar surface area (TPSA) is 103 Å². The number of carbonyl (C=O) groups excluding carboxylic acids is 2. The molecule has 2 N–H and O–H groups in total. The van der Waals surface area contributed by atoms with Gasteiger partial charge in [0.2, 0.25) is 18.4 Å². The third kappa shape index (κ3) is 11.5. The van der Waals surface area contributed by atoms with Crippen LogP contribution in [0, 0.1) is 10.8 Å². The minimum absolute atomic E-state index is 0.0515. The molecule has 50 heavy (non-hydrogen) atoms. The second-order valence-corrected chi connectivity index (χ2v) is 16.2. The van der Waals surface area contributed by atoms with Crippen LogP contribution in [0.25, 0.3) is 0 Å². The van der Waals surface area contributed by atoms with Crippen LogP contribution in [0.1, 0.15) is 98.0 Å². The van der Waals surface area contributed by atoms with Crippen LogP contribution in [0.15, 0.2) is 36.4 Å². The van der Waals surface area contributed by atoms with Crippen molar-refractivity contribution in [3.05, 3.63) is 52.0 Å². The van der Waals surface area contributed by atoms with Gasteiger partial charge in [0.05, 0.1) is 34.4 Å². The number of esters is 1. The van der Waals surface area contributed by atoms with Crippen molar-refractivity contribution in [1.82, 2.24) is 4.90 Å². The second-order valence-electron chi connectivity index (χ2n) is 15.4. The van der Waals surface area contributed by atoms with E-state index in [0.29, 0.717) is 34.5 Å². The molecule has 1 unspecified atom stereocenters. The fourth-order valence-electron chi connectivity index (χ4n) is 7.53. The molecule has 2 aromatic rings. The summed E-state index contributed by atoms with van der Waals surface area (Å²) >= 11 is 12.6. The van der Waals surface area contributed by atoms with E-state index in [1.807, 2.05) is 38.1 Å². The second kappa shape index (κ2) is 18.3. The third-order valence-electron chi connectivity index (χ3n) is 9.77. The van der Waals surface area contributed by atoms with Crippen LogP contribution in [0.4, 0.5) is 11.4 Å². The summed E-state index contributed by atoms with van der Waals surface area (Å²) in [6.07, 6.45) is 4.32. The highest BCUT2D eigenvalue weighted by Crippen LogP contribution is 2.40. The first-order chi connectivity index (χ1) is 23.7. The van der Waals surface area contributed by atoms with Crippen LogP contribution in [0.3, 0.4) is 0 Å². The first kappa shape index (κ1) is 40.2. The summed E-state index contributed by atoms with van der Waals surface area (Å²) in [6.45, 7) is 15.8. The maximum atomic E-state index is 13.2. The van der Waals surface area contributed by atoms with Gasteiger partial charge in [-0.3, -0.25) is 19.4 Å². The number of aryl methyl sites for hydroxylation is 1. The molecule has 1 amide bonds. The zero-order valence-corrected chi connectivity index (χ0v) is 32.1. The number of benzene rings is 2. The summed E-state index contributed by atoms with van der Waals surface area (Å²) in [5, 5.41) is 21.9. The number of ether oxygens (including phenoxy) is 2. The minimum Gasteiger partial charge on any atom is -0.494 e. The Hall–Kier alpha value is -2.56. The van der Waals surface area contributed by atoms with E-state index in [9.17, 15) is 19.8 Å². The van der Waals surface area contributed by atoms with Gasteiger partial charge >= 0.3 is 5.97 Å². The Kier molecular flexibility index (Phi) is 14.7. The third-order valence-corrected chi connectivity index (χ3v) is 10.6. The zero-order valence-electron chi connectivity index (χ0n) is 30.6. The van der Waals surface area contributed by atoms with Crippen LogP contribution in [-0.4, -0.2) is 78.8 Å². The lowest BCUT2D eigenvalue weighted by Crippen LogP contribution is -2.52. The average Bonchev–Trinajstić information content (AvgIpc) is 3.04. The van der Waals surface area contributed by atoms with Crippen molar-refractivity contribution in [3.63, 3.8) is 0 Å². The number of rotatable bonds is 18. The minimum atomic E-state index is -2.07. The molecule has 0 saturated carbocycles. The number of nitrogens with zero attached hydrogens (tertiary/aromatic N) is 3. The monoisotopic (exact) mass is 733 g/mol. The quantitative estimate of drug-likeness (QED) is 0.0908. The molecule has 0 aliphatic carbocycles. The number of amides is 1. The van der Waals surface area contributed by atoms with Crippen molar-refractivity contribution < 1.29 is 29.3 Å². The van der Waals surface area contributed by atoms with E-state index in [1.54, 1.807) is 12.1 Å². The van der Waals surface area contributed by atoms with Crippen LogP contribution in [0.5, 0.6) is 5.75 Å². The van der Waals surface area contributed by atoms with E-state index in [2.05, 4.69) is 30.6 Å². The van der Waals surface area contributed by atoms with E-state index in [1.165, 1.54) is 11.3 Å². The molecule has 0 spiro atoms. The molecule has 9 nitrogen and oxygen atoms in total. The van der Waals surface area contributed by atoms with Crippen LogP contribution >= 0.6 is 23.2 Å². The number of carbonyl (C=O) groups is 2. The summed E-state index contributed by atoms with van der Waals surface area (Å²) in [7, 11) is 0. The highest BCUT2D eigenvalue weighted by atomic mass is 35.5. The van der Waals surface area contributed by atoms with Gasteiger partial charge < -0.3 is 24.6 Å². The van der Waals surface area contributed by atoms with E-state index < -0.39 is 18.5 Å². The highest BCUT2D eigenvalue weighted by molar-refractivity contribution is 6.43. The molecule has 1 fully saturated rings. The van der Waals surface area contributed by atoms with Crippen molar-refractivity contribution in [1.29, 1.82) is 0 Å². The summed E-state index contributed by atoms with van der Waals surface area (Å²) in [5.74, 6) is -0.339. The normalized spacial score (nSPS) is 16.5. The molecule has 1 saturated heterocycles. The van der Waals surface area contributed by atoms with Gasteiger partial charge in [0.15, 0.2) is 0 Å². The van der Waals surface area contributed by atoms with Crippen molar-refractivity contribution in [2.45, 2.75) is 111 Å². The van der Waals surface area contributed by atoms with Gasteiger partial charge in [0.1, 0.15) is 5.75 Å². The van der Waals surface area contributed by atoms with E-state index >= 15 is 0 Å². The molecule has 2 aliphatic heterocycles. The summed E-state index contributed by atoms with van der Waals surface area (Å²) in [4.78, 5) is 32.4. The molecule has 0 radical (unpaired) electrons. The SMILES string of the molecule is CCCCCC(C)(C)CC(C)(C)CC(=O)OC(C(O)O)N1C(=O)CCc2ccc(OCCCCN3CCN(c4cccc(Cl)c4Cl)CC3)cc21. The highest BCUT2D eigenvalue weighted by Gasteiger charge is 2.39. The van der Waals surface area contributed by atoms with Gasteiger partial charge in [-0.15, -0.1) is 0 Å². The molecule has 4 rings (SSSR count). The number of aliphatic hydroxyl groups excluding tert-OH is 1. The maximum absolute atomic E-state index is 13.2. The Balaban J connectivity index is 1.29. The van der Waals surface area contributed by atoms with Crippen LogP contribution in [0.2, 0.25) is 10.0 Å². The largest absolute Gasteiger partial charge is 0.494 e. The number of hydrogen-bond acceptors (Lipinski definition) is 8. The summed E-state index contributed by atoms with van der Waals surface area (Å²) in [5.41, 5.74) is 1.98. The van der Waals surface area contributed by atoms with Gasteiger partial charge in [-0.1, -0.05) is 89.2 Å². The standard InChI is InChI=1S/C39H57Cl2N3O6/c1-6-7-8-18-38(2,3)27-39(4,5)26-34(46)50-36(37(47)48)44-32-25-29(16-14-28(32)15-17-33(44)45)49-24-10-9-19-42-20-22-43(23-21-42)31-13-11-12-30(40)35(31)41/h11-14,16,25,36-37,47-48H,6-10,15,17-24,26-27H2,1-5H3. The molecule has 0 bridgehead atoms. The molecule has 2 aliphatic rings. The fourth-order valence-corrected chi connectivity index (χ4v) is 7.95. The Morgan fingerprint density at radius 1 is 0.920 bits per heavy atom. The van der Waals surface area contributed by atoms with Gasteiger partial charge in [-0.2, -0.15) is 0 Å². The van der Waals surface area contributed by atoms with Crippen molar-refractivity contribution in [2.24, 2.45) is 10.8 Å². The van der Waals surface area contributed by atoms with E-state index in [-0.39, 0.29) is 29.6 Å².